The zero-order valence-electron chi connectivity index (χ0n) is 14.5. The summed E-state index contributed by atoms with van der Waals surface area (Å²) >= 11 is 0. The number of nitrogens with one attached hydrogen (secondary N) is 2. The summed E-state index contributed by atoms with van der Waals surface area (Å²) in [5.41, 5.74) is 7.14. The van der Waals surface area contributed by atoms with Crippen LogP contribution in [-0.4, -0.2) is 23.4 Å². The summed E-state index contributed by atoms with van der Waals surface area (Å²) in [6.45, 7) is 2.74. The number of hydrogen-bond acceptors (Lipinski definition) is 5. The van der Waals surface area contributed by atoms with Gasteiger partial charge in [-0.15, -0.1) is 12.4 Å². The van der Waals surface area contributed by atoms with Crippen molar-refractivity contribution in [3.8, 4) is 0 Å². The van der Waals surface area contributed by atoms with E-state index >= 15 is 0 Å². The monoisotopic (exact) mass is 378 g/mol. The van der Waals surface area contributed by atoms with Crippen molar-refractivity contribution in [2.75, 3.05) is 11.9 Å². The average Bonchev–Trinajstić information content (AvgIpc) is 2.60. The third-order valence-electron chi connectivity index (χ3n) is 3.67. The van der Waals surface area contributed by atoms with Gasteiger partial charge in [0.1, 0.15) is 5.69 Å². The van der Waals surface area contributed by atoms with Crippen LogP contribution in [0, 0.1) is 10.1 Å². The number of halogens is 1. The predicted octanol–water partition coefficient (Wildman–Crippen LogP) is 3.10. The van der Waals surface area contributed by atoms with Crippen molar-refractivity contribution in [1.82, 2.24) is 5.32 Å². The Kier molecular flexibility index (Phi) is 8.54. The van der Waals surface area contributed by atoms with Gasteiger partial charge in [0.2, 0.25) is 0 Å². The normalized spacial score (nSPS) is 11.2. The Balaban J connectivity index is 0.00000338. The van der Waals surface area contributed by atoms with Gasteiger partial charge in [-0.2, -0.15) is 0 Å². The molecule has 1 amide bonds. The summed E-state index contributed by atoms with van der Waals surface area (Å²) < 4.78 is 0. The first-order valence-corrected chi connectivity index (χ1v) is 8.07. The summed E-state index contributed by atoms with van der Waals surface area (Å²) in [5.74, 6) is -0.349. The lowest BCUT2D eigenvalue weighted by Gasteiger charge is -2.10. The van der Waals surface area contributed by atoms with E-state index in [1.807, 2.05) is 37.3 Å². The molecule has 4 N–H and O–H groups in total. The Morgan fingerprint density at radius 2 is 1.92 bits per heavy atom. The molecule has 0 aliphatic carbocycles. The van der Waals surface area contributed by atoms with Crippen molar-refractivity contribution < 1.29 is 9.72 Å². The molecule has 1 unspecified atom stereocenters. The van der Waals surface area contributed by atoms with Crippen LogP contribution >= 0.6 is 12.4 Å². The second-order valence-electron chi connectivity index (χ2n) is 5.85. The Labute approximate surface area is 158 Å². The van der Waals surface area contributed by atoms with E-state index in [0.29, 0.717) is 25.2 Å². The fraction of sp³-hybridized carbons (Fsp3) is 0.278. The molecular formula is C18H23ClN4O3. The molecule has 7 nitrogen and oxygen atoms in total. The average molecular weight is 379 g/mol. The molecule has 0 radical (unpaired) electrons. The topological polar surface area (TPSA) is 110 Å². The number of anilines is 1. The highest BCUT2D eigenvalue weighted by Gasteiger charge is 2.17. The quantitative estimate of drug-likeness (QED) is 0.483. The first-order valence-electron chi connectivity index (χ1n) is 8.07. The van der Waals surface area contributed by atoms with Crippen molar-refractivity contribution in [2.45, 2.75) is 25.9 Å². The van der Waals surface area contributed by atoms with E-state index < -0.39 is 4.92 Å². The minimum absolute atomic E-state index is 0. The van der Waals surface area contributed by atoms with E-state index in [2.05, 4.69) is 10.6 Å². The molecule has 2 aromatic carbocycles. The third-order valence-corrected chi connectivity index (χ3v) is 3.67. The number of amides is 1. The van der Waals surface area contributed by atoms with Gasteiger partial charge in [-0.05, 0) is 31.0 Å². The Morgan fingerprint density at radius 1 is 1.23 bits per heavy atom. The number of nitro groups is 1. The van der Waals surface area contributed by atoms with Crippen molar-refractivity contribution in [1.29, 1.82) is 0 Å². The van der Waals surface area contributed by atoms with Gasteiger partial charge in [-0.3, -0.25) is 14.9 Å². The summed E-state index contributed by atoms with van der Waals surface area (Å²) in [4.78, 5) is 22.9. The zero-order chi connectivity index (χ0) is 18.2. The van der Waals surface area contributed by atoms with Crippen molar-refractivity contribution in [3.05, 3.63) is 69.8 Å². The molecule has 0 aliphatic rings. The van der Waals surface area contributed by atoms with Crippen LogP contribution in [0.15, 0.2) is 48.5 Å². The number of nitro benzene ring substituents is 1. The van der Waals surface area contributed by atoms with Crippen LogP contribution in [0.5, 0.6) is 0 Å². The predicted molar refractivity (Wildman–Crippen MR) is 105 cm³/mol. The molecule has 0 spiro atoms. The second-order valence-corrected chi connectivity index (χ2v) is 5.85. The van der Waals surface area contributed by atoms with E-state index in [1.165, 1.54) is 6.07 Å². The highest BCUT2D eigenvalue weighted by molar-refractivity contribution is 5.95. The minimum atomic E-state index is -0.494. The molecule has 8 heteroatoms. The molecule has 2 rings (SSSR count). The van der Waals surface area contributed by atoms with E-state index in [0.717, 1.165) is 5.56 Å². The van der Waals surface area contributed by atoms with Crippen LogP contribution in [-0.2, 0) is 6.54 Å². The van der Waals surface area contributed by atoms with Gasteiger partial charge in [0, 0.05) is 30.8 Å². The molecule has 0 aliphatic heterocycles. The van der Waals surface area contributed by atoms with Crippen LogP contribution in [0.4, 0.5) is 11.4 Å². The number of nitrogens with two attached hydrogens (primary N) is 1. The third kappa shape index (κ3) is 6.34. The van der Waals surface area contributed by atoms with Crippen LogP contribution < -0.4 is 16.4 Å². The molecule has 2 aromatic rings. The summed E-state index contributed by atoms with van der Waals surface area (Å²) in [5, 5.41) is 17.1. The summed E-state index contributed by atoms with van der Waals surface area (Å²) in [6, 6.07) is 14.0. The number of nitrogens with zero attached hydrogens (tertiary/aromatic N) is 1. The molecule has 140 valence electrons. The molecule has 0 bridgehead atoms. The number of rotatable bonds is 8. The molecule has 0 aromatic heterocycles. The first-order chi connectivity index (χ1) is 12.0. The lowest BCUT2D eigenvalue weighted by Crippen LogP contribution is -2.29. The van der Waals surface area contributed by atoms with E-state index in [-0.39, 0.29) is 35.6 Å². The van der Waals surface area contributed by atoms with Crippen LogP contribution in [0.25, 0.3) is 0 Å². The maximum absolute atomic E-state index is 12.1. The van der Waals surface area contributed by atoms with Crippen molar-refractivity contribution >= 4 is 29.7 Å². The molecule has 0 heterocycles. The largest absolute Gasteiger partial charge is 0.375 e. The molecule has 1 atom stereocenters. The zero-order valence-corrected chi connectivity index (χ0v) is 15.3. The van der Waals surface area contributed by atoms with Crippen LogP contribution in [0.1, 0.15) is 29.3 Å². The highest BCUT2D eigenvalue weighted by atomic mass is 35.5. The van der Waals surface area contributed by atoms with Gasteiger partial charge in [0.05, 0.1) is 4.92 Å². The smallest absolute Gasteiger partial charge is 0.293 e. The maximum atomic E-state index is 12.1. The number of hydrogen-bond donors (Lipinski definition) is 3. The number of carbonyl (C=O) groups excluding carboxylic acids is 1. The Morgan fingerprint density at radius 3 is 2.54 bits per heavy atom. The van der Waals surface area contributed by atoms with Gasteiger partial charge >= 0.3 is 0 Å². The van der Waals surface area contributed by atoms with E-state index in [4.69, 9.17) is 5.73 Å². The maximum Gasteiger partial charge on any atom is 0.293 e. The summed E-state index contributed by atoms with van der Waals surface area (Å²) in [7, 11) is 0. The first kappa shape index (κ1) is 21.4. The lowest BCUT2D eigenvalue weighted by molar-refractivity contribution is -0.384. The highest BCUT2D eigenvalue weighted by Crippen LogP contribution is 2.26. The molecule has 26 heavy (non-hydrogen) atoms. The van der Waals surface area contributed by atoms with Gasteiger partial charge in [0.25, 0.3) is 11.6 Å². The Bertz CT molecular complexity index is 738. The fourth-order valence-corrected chi connectivity index (χ4v) is 2.28. The van der Waals surface area contributed by atoms with Gasteiger partial charge in [-0.1, -0.05) is 30.3 Å². The van der Waals surface area contributed by atoms with Crippen molar-refractivity contribution in [3.63, 3.8) is 0 Å². The van der Waals surface area contributed by atoms with E-state index in [1.54, 1.807) is 12.1 Å². The summed E-state index contributed by atoms with van der Waals surface area (Å²) in [6.07, 6.45) is 0.643. The van der Waals surface area contributed by atoms with Gasteiger partial charge in [0.15, 0.2) is 0 Å². The SMILES string of the molecule is CC(N)CCNC(=O)c1ccc(NCc2ccccc2)c([N+](=O)[O-])c1.Cl. The Hall–Kier alpha value is -2.64. The fourth-order valence-electron chi connectivity index (χ4n) is 2.28. The van der Waals surface area contributed by atoms with Gasteiger partial charge in [-0.25, -0.2) is 0 Å². The van der Waals surface area contributed by atoms with E-state index in [9.17, 15) is 14.9 Å². The standard InChI is InChI=1S/C18H22N4O3.ClH/c1-13(19)9-10-20-18(23)15-7-8-16(17(11-15)22(24)25)21-12-14-5-3-2-4-6-14;/h2-8,11,13,21H,9-10,12,19H2,1H3,(H,20,23);1H. The number of carbonyl (C=O) groups is 1. The van der Waals surface area contributed by atoms with Crippen molar-refractivity contribution in [2.24, 2.45) is 5.73 Å². The molecule has 0 fully saturated rings. The van der Waals surface area contributed by atoms with Crippen LogP contribution in [0.2, 0.25) is 0 Å². The van der Waals surface area contributed by atoms with Crippen LogP contribution in [0.3, 0.4) is 0 Å². The lowest BCUT2D eigenvalue weighted by atomic mass is 10.1. The van der Waals surface area contributed by atoms with Gasteiger partial charge < -0.3 is 16.4 Å². The molecule has 0 saturated carbocycles. The number of benzene rings is 2. The minimum Gasteiger partial charge on any atom is -0.375 e. The molecule has 0 saturated heterocycles. The molecular weight excluding hydrogens is 356 g/mol. The second kappa shape index (κ2) is 10.4.